The number of nitrogens with zero attached hydrogens (tertiary/aromatic N) is 1. The molecule has 2 aromatic carbocycles. The summed E-state index contributed by atoms with van der Waals surface area (Å²) in [6.45, 7) is 3.58. The van der Waals surface area contributed by atoms with Gasteiger partial charge in [0.05, 0.1) is 12.2 Å². The third-order valence-electron chi connectivity index (χ3n) is 4.35. The van der Waals surface area contributed by atoms with E-state index < -0.39 is 4.87 Å². The monoisotopic (exact) mass is 310 g/mol. The Morgan fingerprint density at radius 1 is 1.23 bits per heavy atom. The minimum absolute atomic E-state index is 0.166. The summed E-state index contributed by atoms with van der Waals surface area (Å²) in [5.41, 5.74) is 4.52. The first-order chi connectivity index (χ1) is 10.7. The van der Waals surface area contributed by atoms with Gasteiger partial charge in [-0.1, -0.05) is 48.0 Å². The summed E-state index contributed by atoms with van der Waals surface area (Å²) in [6.07, 6.45) is 0. The van der Waals surface area contributed by atoms with Gasteiger partial charge in [-0.15, -0.1) is 11.8 Å². The average Bonchev–Trinajstić information content (AvgIpc) is 3.10. The first-order valence-electron chi connectivity index (χ1n) is 7.57. The minimum Gasteiger partial charge on any atom is -0.305 e. The number of carbonyl (C=O) groups excluding carboxylic acids is 1. The van der Waals surface area contributed by atoms with Gasteiger partial charge in [0.25, 0.3) is 5.91 Å². The summed E-state index contributed by atoms with van der Waals surface area (Å²) < 4.78 is 0. The number of anilines is 1. The molecule has 3 nitrogen and oxygen atoms in total. The predicted molar refractivity (Wildman–Crippen MR) is 90.9 cm³/mol. The molecular weight excluding hydrogens is 292 g/mol. The van der Waals surface area contributed by atoms with Crippen molar-refractivity contribution in [3.05, 3.63) is 65.2 Å². The van der Waals surface area contributed by atoms with Crippen LogP contribution in [0.15, 0.2) is 48.5 Å². The summed E-state index contributed by atoms with van der Waals surface area (Å²) in [4.78, 5) is 14.5. The van der Waals surface area contributed by atoms with Gasteiger partial charge in [0.2, 0.25) is 0 Å². The highest BCUT2D eigenvalue weighted by Gasteiger charge is 2.53. The van der Waals surface area contributed by atoms with Crippen molar-refractivity contribution < 1.29 is 4.79 Å². The van der Waals surface area contributed by atoms with Crippen LogP contribution in [0.2, 0.25) is 0 Å². The summed E-state index contributed by atoms with van der Waals surface area (Å²) in [5.74, 6) is 1.14. The van der Waals surface area contributed by atoms with Gasteiger partial charge in [0.15, 0.2) is 4.87 Å². The number of thioether (sulfide) groups is 1. The molecule has 4 heteroatoms. The first kappa shape index (κ1) is 13.9. The molecule has 0 aromatic heterocycles. The van der Waals surface area contributed by atoms with Gasteiger partial charge in [-0.25, -0.2) is 0 Å². The fourth-order valence-corrected chi connectivity index (χ4v) is 4.56. The molecule has 1 amide bonds. The zero-order valence-corrected chi connectivity index (χ0v) is 13.3. The SMILES string of the molecule is Cc1ccc2c(c1)C1(NCCS1)C(=O)N2Cc1ccccc1. The molecular formula is C18H18N2OS. The molecule has 1 unspecified atom stereocenters. The van der Waals surface area contributed by atoms with Crippen molar-refractivity contribution in [3.63, 3.8) is 0 Å². The van der Waals surface area contributed by atoms with Gasteiger partial charge in [-0.2, -0.15) is 0 Å². The van der Waals surface area contributed by atoms with E-state index in [9.17, 15) is 4.79 Å². The predicted octanol–water partition coefficient (Wildman–Crippen LogP) is 3.03. The number of hydrogen-bond donors (Lipinski definition) is 1. The third-order valence-corrected chi connectivity index (χ3v) is 5.73. The van der Waals surface area contributed by atoms with E-state index in [0.717, 1.165) is 29.1 Å². The summed E-state index contributed by atoms with van der Waals surface area (Å²) in [7, 11) is 0. The maximum absolute atomic E-state index is 13.1. The van der Waals surface area contributed by atoms with Crippen molar-refractivity contribution >= 4 is 23.4 Å². The maximum Gasteiger partial charge on any atom is 0.262 e. The Hall–Kier alpha value is -1.78. The quantitative estimate of drug-likeness (QED) is 0.925. The van der Waals surface area contributed by atoms with Crippen LogP contribution in [-0.4, -0.2) is 18.2 Å². The van der Waals surface area contributed by atoms with Crippen LogP contribution in [0, 0.1) is 6.92 Å². The Bertz CT molecular complexity index is 723. The molecule has 0 aliphatic carbocycles. The molecule has 1 N–H and O–H groups in total. The van der Waals surface area contributed by atoms with Crippen LogP contribution in [0.4, 0.5) is 5.69 Å². The number of carbonyl (C=O) groups is 1. The number of nitrogens with one attached hydrogen (secondary N) is 1. The average molecular weight is 310 g/mol. The Labute approximate surface area is 134 Å². The Balaban J connectivity index is 1.79. The standard InChI is InChI=1S/C18H18N2OS/c1-13-7-8-16-15(11-13)18(19-9-10-22-18)17(21)20(16)12-14-5-3-2-4-6-14/h2-8,11,19H,9-10,12H2,1H3. The molecule has 112 valence electrons. The van der Waals surface area contributed by atoms with E-state index >= 15 is 0 Å². The second-order valence-corrected chi connectivity index (χ2v) is 7.16. The van der Waals surface area contributed by atoms with E-state index in [-0.39, 0.29) is 5.91 Å². The van der Waals surface area contributed by atoms with E-state index in [1.807, 2.05) is 23.1 Å². The van der Waals surface area contributed by atoms with E-state index in [2.05, 4.69) is 42.6 Å². The number of rotatable bonds is 2. The second kappa shape index (κ2) is 5.14. The smallest absolute Gasteiger partial charge is 0.262 e. The normalized spacial score (nSPS) is 23.3. The number of fused-ring (bicyclic) bond motifs is 2. The van der Waals surface area contributed by atoms with Crippen molar-refractivity contribution in [2.75, 3.05) is 17.2 Å². The van der Waals surface area contributed by atoms with E-state index in [1.165, 1.54) is 5.56 Å². The fraction of sp³-hybridized carbons (Fsp3) is 0.278. The highest BCUT2D eigenvalue weighted by Crippen LogP contribution is 2.49. The van der Waals surface area contributed by atoms with Crippen LogP contribution in [0.25, 0.3) is 0 Å². The van der Waals surface area contributed by atoms with Crippen molar-refractivity contribution in [2.24, 2.45) is 0 Å². The molecule has 2 aliphatic heterocycles. The van der Waals surface area contributed by atoms with Crippen molar-refractivity contribution in [1.82, 2.24) is 5.32 Å². The Morgan fingerprint density at radius 2 is 2.05 bits per heavy atom. The molecule has 0 saturated carbocycles. The highest BCUT2D eigenvalue weighted by atomic mass is 32.2. The molecule has 1 atom stereocenters. The van der Waals surface area contributed by atoms with Crippen molar-refractivity contribution in [2.45, 2.75) is 18.3 Å². The van der Waals surface area contributed by atoms with Crippen LogP contribution < -0.4 is 10.2 Å². The van der Waals surface area contributed by atoms with Crippen LogP contribution in [0.1, 0.15) is 16.7 Å². The first-order valence-corrected chi connectivity index (χ1v) is 8.55. The largest absolute Gasteiger partial charge is 0.305 e. The molecule has 1 fully saturated rings. The van der Waals surface area contributed by atoms with Crippen LogP contribution >= 0.6 is 11.8 Å². The maximum atomic E-state index is 13.1. The lowest BCUT2D eigenvalue weighted by molar-refractivity contribution is -0.121. The molecule has 4 rings (SSSR count). The lowest BCUT2D eigenvalue weighted by Gasteiger charge is -2.23. The molecule has 0 radical (unpaired) electrons. The lowest BCUT2D eigenvalue weighted by Crippen LogP contribution is -2.44. The number of aryl methyl sites for hydroxylation is 1. The van der Waals surface area contributed by atoms with Crippen molar-refractivity contribution in [1.29, 1.82) is 0 Å². The van der Waals surface area contributed by atoms with Crippen LogP contribution in [0.3, 0.4) is 0 Å². The molecule has 2 aromatic rings. The zero-order chi connectivity index (χ0) is 15.2. The van der Waals surface area contributed by atoms with Gasteiger partial charge in [-0.05, 0) is 18.6 Å². The Kier molecular flexibility index (Phi) is 3.24. The van der Waals surface area contributed by atoms with E-state index in [0.29, 0.717) is 6.54 Å². The van der Waals surface area contributed by atoms with Crippen molar-refractivity contribution in [3.8, 4) is 0 Å². The lowest BCUT2D eigenvalue weighted by atomic mass is 10.0. The molecule has 2 aliphatic rings. The zero-order valence-electron chi connectivity index (χ0n) is 12.5. The molecule has 22 heavy (non-hydrogen) atoms. The van der Waals surface area contributed by atoms with E-state index in [1.54, 1.807) is 11.8 Å². The molecule has 1 saturated heterocycles. The topological polar surface area (TPSA) is 32.3 Å². The number of benzene rings is 2. The third kappa shape index (κ3) is 1.98. The summed E-state index contributed by atoms with van der Waals surface area (Å²) >= 11 is 1.72. The number of amides is 1. The van der Waals surface area contributed by atoms with Gasteiger partial charge in [0.1, 0.15) is 0 Å². The minimum atomic E-state index is -0.573. The van der Waals surface area contributed by atoms with Crippen LogP contribution in [-0.2, 0) is 16.2 Å². The highest BCUT2D eigenvalue weighted by molar-refractivity contribution is 8.01. The Morgan fingerprint density at radius 3 is 2.77 bits per heavy atom. The molecule has 2 heterocycles. The second-order valence-electron chi connectivity index (χ2n) is 5.85. The summed E-state index contributed by atoms with van der Waals surface area (Å²) in [6, 6.07) is 16.5. The molecule has 1 spiro atoms. The molecule has 0 bridgehead atoms. The van der Waals surface area contributed by atoms with Gasteiger partial charge in [-0.3, -0.25) is 10.1 Å². The van der Waals surface area contributed by atoms with Gasteiger partial charge < -0.3 is 4.90 Å². The number of hydrogen-bond acceptors (Lipinski definition) is 3. The van der Waals surface area contributed by atoms with E-state index in [4.69, 9.17) is 0 Å². The van der Waals surface area contributed by atoms with Gasteiger partial charge >= 0.3 is 0 Å². The summed E-state index contributed by atoms with van der Waals surface area (Å²) in [5, 5.41) is 3.45. The van der Waals surface area contributed by atoms with Gasteiger partial charge in [0, 0.05) is 17.9 Å². The fourth-order valence-electron chi connectivity index (χ4n) is 3.30. The van der Waals surface area contributed by atoms with Crippen LogP contribution in [0.5, 0.6) is 0 Å².